The Morgan fingerprint density at radius 1 is 1.25 bits per heavy atom. The Bertz CT molecular complexity index is 447. The van der Waals surface area contributed by atoms with E-state index in [9.17, 15) is 0 Å². The van der Waals surface area contributed by atoms with Crippen LogP contribution >= 0.6 is 0 Å². The fourth-order valence-electron chi connectivity index (χ4n) is 2.06. The van der Waals surface area contributed by atoms with Gasteiger partial charge in [0.1, 0.15) is 5.58 Å². The third-order valence-electron chi connectivity index (χ3n) is 2.94. The minimum absolute atomic E-state index is 0.406. The van der Waals surface area contributed by atoms with Crippen molar-refractivity contribution in [2.45, 2.75) is 32.7 Å². The van der Waals surface area contributed by atoms with E-state index in [2.05, 4.69) is 31.3 Å². The first-order valence-electron chi connectivity index (χ1n) is 6.06. The molecule has 2 rings (SSSR count). The molecule has 1 atom stereocenters. The Hall–Kier alpha value is -1.28. The van der Waals surface area contributed by atoms with E-state index in [1.54, 1.807) is 0 Å². The lowest BCUT2D eigenvalue weighted by molar-refractivity contribution is 0.510. The maximum absolute atomic E-state index is 5.57. The Kier molecular flexibility index (Phi) is 3.62. The van der Waals surface area contributed by atoms with Gasteiger partial charge in [-0.3, -0.25) is 0 Å². The van der Waals surface area contributed by atoms with Gasteiger partial charge in [-0.2, -0.15) is 0 Å². The molecule has 0 saturated carbocycles. The smallest absolute Gasteiger partial charge is 0.134 e. The van der Waals surface area contributed by atoms with E-state index in [-0.39, 0.29) is 0 Å². The highest BCUT2D eigenvalue weighted by molar-refractivity contribution is 5.81. The van der Waals surface area contributed by atoms with E-state index in [4.69, 9.17) is 4.42 Å². The maximum Gasteiger partial charge on any atom is 0.134 e. The molecule has 2 nitrogen and oxygen atoms in total. The molecule has 86 valence electrons. The molecule has 2 aromatic rings. The number of furan rings is 1. The number of nitrogens with one attached hydrogen (secondary N) is 1. The van der Waals surface area contributed by atoms with Crippen LogP contribution in [0, 0.1) is 0 Å². The van der Waals surface area contributed by atoms with Gasteiger partial charge in [0, 0.05) is 17.0 Å². The highest BCUT2D eigenvalue weighted by Gasteiger charge is 2.13. The first kappa shape index (κ1) is 11.2. The topological polar surface area (TPSA) is 25.2 Å². The number of rotatable bonds is 5. The minimum Gasteiger partial charge on any atom is -0.464 e. The van der Waals surface area contributed by atoms with Crippen LogP contribution < -0.4 is 5.32 Å². The van der Waals surface area contributed by atoms with Crippen molar-refractivity contribution in [3.63, 3.8) is 0 Å². The van der Waals surface area contributed by atoms with Crippen LogP contribution in [0.4, 0.5) is 0 Å². The van der Waals surface area contributed by atoms with E-state index in [1.165, 1.54) is 10.9 Å². The second kappa shape index (κ2) is 5.17. The largest absolute Gasteiger partial charge is 0.464 e. The summed E-state index contributed by atoms with van der Waals surface area (Å²) in [6.45, 7) is 5.44. The van der Waals surface area contributed by atoms with Gasteiger partial charge in [-0.05, 0) is 25.5 Å². The number of hydrogen-bond acceptors (Lipinski definition) is 2. The van der Waals surface area contributed by atoms with Crippen LogP contribution in [0.15, 0.2) is 34.9 Å². The molecule has 2 heteroatoms. The fourth-order valence-corrected chi connectivity index (χ4v) is 2.06. The molecule has 0 aliphatic rings. The first-order valence-corrected chi connectivity index (χ1v) is 6.06. The van der Waals surface area contributed by atoms with Gasteiger partial charge in [0.05, 0.1) is 6.26 Å². The molecule has 16 heavy (non-hydrogen) atoms. The summed E-state index contributed by atoms with van der Waals surface area (Å²) >= 11 is 0. The summed E-state index contributed by atoms with van der Waals surface area (Å²) in [6, 6.07) is 8.63. The van der Waals surface area contributed by atoms with Gasteiger partial charge in [-0.25, -0.2) is 0 Å². The van der Waals surface area contributed by atoms with E-state index >= 15 is 0 Å². The molecule has 0 aliphatic carbocycles. The van der Waals surface area contributed by atoms with Crippen molar-refractivity contribution >= 4 is 11.0 Å². The zero-order valence-corrected chi connectivity index (χ0v) is 9.99. The molecule has 0 radical (unpaired) electrons. The van der Waals surface area contributed by atoms with E-state index in [1.807, 2.05) is 18.4 Å². The fraction of sp³-hybridized carbons (Fsp3) is 0.429. The normalized spacial score (nSPS) is 13.1. The number of benzene rings is 1. The van der Waals surface area contributed by atoms with Crippen molar-refractivity contribution in [2.24, 2.45) is 0 Å². The predicted octanol–water partition coefficient (Wildman–Crippen LogP) is 3.88. The van der Waals surface area contributed by atoms with Crippen molar-refractivity contribution in [3.05, 3.63) is 36.1 Å². The molecule has 1 heterocycles. The Balaban J connectivity index is 2.30. The summed E-state index contributed by atoms with van der Waals surface area (Å²) in [4.78, 5) is 0. The molecule has 0 amide bonds. The predicted molar refractivity (Wildman–Crippen MR) is 67.5 cm³/mol. The van der Waals surface area contributed by atoms with Gasteiger partial charge in [0.15, 0.2) is 0 Å². The van der Waals surface area contributed by atoms with Crippen LogP contribution in [0.2, 0.25) is 0 Å². The van der Waals surface area contributed by atoms with Crippen LogP contribution in [-0.4, -0.2) is 6.54 Å². The van der Waals surface area contributed by atoms with E-state index in [0.29, 0.717) is 6.04 Å². The van der Waals surface area contributed by atoms with Crippen molar-refractivity contribution in [2.75, 3.05) is 6.54 Å². The van der Waals surface area contributed by atoms with Crippen LogP contribution in [0.3, 0.4) is 0 Å². The van der Waals surface area contributed by atoms with Crippen molar-refractivity contribution in [1.29, 1.82) is 0 Å². The standard InChI is InChI=1S/C14H19NO/c1-3-9-15-13(4-2)12-10-16-14-8-6-5-7-11(12)14/h5-8,10,13,15H,3-4,9H2,1-2H3. The SMILES string of the molecule is CCCNC(CC)c1coc2ccccc12. The average Bonchev–Trinajstić information content (AvgIpc) is 2.75. The molecule has 0 fully saturated rings. The number of hydrogen-bond donors (Lipinski definition) is 1. The van der Waals surface area contributed by atoms with E-state index < -0.39 is 0 Å². The first-order chi connectivity index (χ1) is 7.86. The highest BCUT2D eigenvalue weighted by Crippen LogP contribution is 2.27. The third-order valence-corrected chi connectivity index (χ3v) is 2.94. The van der Waals surface area contributed by atoms with Crippen molar-refractivity contribution in [1.82, 2.24) is 5.32 Å². The molecule has 1 unspecified atom stereocenters. The summed E-state index contributed by atoms with van der Waals surface area (Å²) in [5.41, 5.74) is 2.26. The Morgan fingerprint density at radius 3 is 2.81 bits per heavy atom. The maximum atomic E-state index is 5.57. The second-order valence-electron chi connectivity index (χ2n) is 4.10. The van der Waals surface area contributed by atoms with Crippen LogP contribution in [0.1, 0.15) is 38.3 Å². The van der Waals surface area contributed by atoms with Gasteiger partial charge < -0.3 is 9.73 Å². The molecule has 1 aromatic heterocycles. The Labute approximate surface area is 96.6 Å². The molecule has 1 aromatic carbocycles. The van der Waals surface area contributed by atoms with Crippen LogP contribution in [0.5, 0.6) is 0 Å². The lowest BCUT2D eigenvalue weighted by Gasteiger charge is -2.15. The molecular weight excluding hydrogens is 198 g/mol. The van der Waals surface area contributed by atoms with Crippen molar-refractivity contribution in [3.8, 4) is 0 Å². The van der Waals surface area contributed by atoms with E-state index in [0.717, 1.165) is 25.0 Å². The zero-order valence-electron chi connectivity index (χ0n) is 9.99. The quantitative estimate of drug-likeness (QED) is 0.822. The van der Waals surface area contributed by atoms with Gasteiger partial charge in [-0.1, -0.05) is 32.0 Å². The van der Waals surface area contributed by atoms with Crippen LogP contribution in [-0.2, 0) is 0 Å². The highest BCUT2D eigenvalue weighted by atomic mass is 16.3. The monoisotopic (exact) mass is 217 g/mol. The van der Waals surface area contributed by atoms with Crippen molar-refractivity contribution < 1.29 is 4.42 Å². The summed E-state index contributed by atoms with van der Waals surface area (Å²) in [7, 11) is 0. The molecule has 0 bridgehead atoms. The van der Waals surface area contributed by atoms with Gasteiger partial charge in [0.25, 0.3) is 0 Å². The summed E-state index contributed by atoms with van der Waals surface area (Å²) in [6.07, 6.45) is 4.14. The van der Waals surface area contributed by atoms with Crippen LogP contribution in [0.25, 0.3) is 11.0 Å². The molecule has 0 aliphatic heterocycles. The number of para-hydroxylation sites is 1. The second-order valence-corrected chi connectivity index (χ2v) is 4.10. The summed E-state index contributed by atoms with van der Waals surface area (Å²) in [5, 5.41) is 4.79. The molecular formula is C14H19NO. The average molecular weight is 217 g/mol. The zero-order chi connectivity index (χ0) is 11.4. The lowest BCUT2D eigenvalue weighted by atomic mass is 10.0. The summed E-state index contributed by atoms with van der Waals surface area (Å²) < 4.78 is 5.57. The molecule has 0 saturated heterocycles. The van der Waals surface area contributed by atoms with Gasteiger partial charge >= 0.3 is 0 Å². The van der Waals surface area contributed by atoms with Gasteiger partial charge in [0.2, 0.25) is 0 Å². The summed E-state index contributed by atoms with van der Waals surface area (Å²) in [5.74, 6) is 0. The number of fused-ring (bicyclic) bond motifs is 1. The van der Waals surface area contributed by atoms with Gasteiger partial charge in [-0.15, -0.1) is 0 Å². The minimum atomic E-state index is 0.406. The lowest BCUT2D eigenvalue weighted by Crippen LogP contribution is -2.21. The molecule has 1 N–H and O–H groups in total. The Morgan fingerprint density at radius 2 is 2.06 bits per heavy atom. The molecule has 0 spiro atoms. The third kappa shape index (κ3) is 2.12.